The zero-order chi connectivity index (χ0) is 27.5. The molecule has 1 aliphatic heterocycles. The van der Waals surface area contributed by atoms with Crippen molar-refractivity contribution in [3.8, 4) is 16.9 Å². The Kier molecular flexibility index (Phi) is 7.36. The molecule has 0 aliphatic carbocycles. The zero-order valence-corrected chi connectivity index (χ0v) is 21.1. The van der Waals surface area contributed by atoms with E-state index >= 15 is 0 Å². The van der Waals surface area contributed by atoms with Crippen molar-refractivity contribution in [1.29, 1.82) is 0 Å². The van der Waals surface area contributed by atoms with E-state index in [0.29, 0.717) is 43.6 Å². The summed E-state index contributed by atoms with van der Waals surface area (Å²) in [5.41, 5.74) is 2.69. The Bertz CT molecular complexity index is 1510. The summed E-state index contributed by atoms with van der Waals surface area (Å²) in [5.74, 6) is -3.07. The van der Waals surface area contributed by atoms with Gasteiger partial charge in [-0.05, 0) is 55.5 Å². The summed E-state index contributed by atoms with van der Waals surface area (Å²) >= 11 is 0. The average molecular weight is 535 g/mol. The number of carbonyl (C=O) groups is 2. The lowest BCUT2D eigenvalue weighted by Gasteiger charge is -2.36. The number of anilines is 1. The summed E-state index contributed by atoms with van der Waals surface area (Å²) < 4.78 is 47.8. The highest BCUT2D eigenvalue weighted by Gasteiger charge is 2.25. The van der Waals surface area contributed by atoms with E-state index in [4.69, 9.17) is 4.74 Å². The van der Waals surface area contributed by atoms with Crippen LogP contribution in [0.15, 0.2) is 72.8 Å². The van der Waals surface area contributed by atoms with Crippen LogP contribution in [0.2, 0.25) is 0 Å². The molecule has 0 unspecified atom stereocenters. The van der Waals surface area contributed by atoms with Gasteiger partial charge in [0.05, 0.1) is 23.6 Å². The molecule has 0 radical (unpaired) electrons. The average Bonchev–Trinajstić information content (AvgIpc) is 3.39. The second kappa shape index (κ2) is 11.0. The minimum Gasteiger partial charge on any atom is -0.461 e. The summed E-state index contributed by atoms with van der Waals surface area (Å²) in [4.78, 5) is 28.7. The van der Waals surface area contributed by atoms with Crippen LogP contribution in [-0.4, -0.2) is 59.3 Å². The predicted molar refractivity (Wildman–Crippen MR) is 139 cm³/mol. The van der Waals surface area contributed by atoms with Gasteiger partial charge in [0, 0.05) is 43.5 Å². The van der Waals surface area contributed by atoms with Gasteiger partial charge in [-0.25, -0.2) is 22.6 Å². The van der Waals surface area contributed by atoms with Crippen LogP contribution < -0.4 is 4.90 Å². The molecule has 1 amide bonds. The van der Waals surface area contributed by atoms with Gasteiger partial charge in [0.1, 0.15) is 17.5 Å². The van der Waals surface area contributed by atoms with E-state index in [0.717, 1.165) is 17.3 Å². The molecule has 1 aliphatic rings. The number of hydrogen-bond donors (Lipinski definition) is 0. The monoisotopic (exact) mass is 534 g/mol. The molecule has 1 saturated heterocycles. The van der Waals surface area contributed by atoms with Crippen LogP contribution in [-0.2, 0) is 4.74 Å². The molecule has 10 heteroatoms. The highest BCUT2D eigenvalue weighted by atomic mass is 19.1. The van der Waals surface area contributed by atoms with E-state index < -0.39 is 29.3 Å². The van der Waals surface area contributed by atoms with E-state index in [1.807, 2.05) is 24.3 Å². The summed E-state index contributed by atoms with van der Waals surface area (Å²) in [5, 5.41) is 4.37. The number of piperazine rings is 1. The van der Waals surface area contributed by atoms with Crippen molar-refractivity contribution < 1.29 is 27.5 Å². The fraction of sp³-hybridized carbons (Fsp3) is 0.207. The van der Waals surface area contributed by atoms with Crippen molar-refractivity contribution in [2.24, 2.45) is 0 Å². The first kappa shape index (κ1) is 26.0. The van der Waals surface area contributed by atoms with E-state index in [2.05, 4.69) is 10.00 Å². The number of aromatic nitrogens is 2. The third kappa shape index (κ3) is 5.50. The van der Waals surface area contributed by atoms with Gasteiger partial charge < -0.3 is 14.5 Å². The van der Waals surface area contributed by atoms with E-state index in [9.17, 15) is 22.8 Å². The van der Waals surface area contributed by atoms with Crippen LogP contribution in [0.4, 0.5) is 18.9 Å². The molecule has 0 N–H and O–H groups in total. The highest BCUT2D eigenvalue weighted by Crippen LogP contribution is 2.28. The van der Waals surface area contributed by atoms with Gasteiger partial charge in [-0.15, -0.1) is 0 Å². The first-order chi connectivity index (χ1) is 18.8. The Labute approximate surface area is 223 Å². The lowest BCUT2D eigenvalue weighted by Crippen LogP contribution is -2.49. The highest BCUT2D eigenvalue weighted by molar-refractivity contribution is 5.94. The van der Waals surface area contributed by atoms with Crippen LogP contribution in [0.5, 0.6) is 0 Å². The molecule has 0 saturated carbocycles. The first-order valence-electron chi connectivity index (χ1n) is 12.5. The maximum absolute atomic E-state index is 14.1. The summed E-state index contributed by atoms with van der Waals surface area (Å²) in [7, 11) is 0. The standard InChI is InChI=1S/C29H25F3N4O3/c1-2-39-29(38)26-18-27(36(33-26)23-5-3-4-20(30)16-23)19-6-9-22(10-7-19)34-12-14-35(15-13-34)28(37)24-11-8-21(31)17-25(24)32/h3-11,16-18H,2,12-15H2,1H3. The molecular weight excluding hydrogens is 509 g/mol. The fourth-order valence-electron chi connectivity index (χ4n) is 4.54. The Morgan fingerprint density at radius 1 is 0.846 bits per heavy atom. The molecule has 2 heterocycles. The fourth-order valence-corrected chi connectivity index (χ4v) is 4.54. The van der Waals surface area contributed by atoms with Crippen molar-refractivity contribution in [2.75, 3.05) is 37.7 Å². The van der Waals surface area contributed by atoms with Gasteiger partial charge in [-0.2, -0.15) is 5.10 Å². The molecular formula is C29H25F3N4O3. The van der Waals surface area contributed by atoms with Crippen molar-refractivity contribution in [1.82, 2.24) is 14.7 Å². The molecule has 0 bridgehead atoms. The largest absolute Gasteiger partial charge is 0.461 e. The SMILES string of the molecule is CCOC(=O)c1cc(-c2ccc(N3CCN(C(=O)c4ccc(F)cc4F)CC3)cc2)n(-c2cccc(F)c2)n1. The molecule has 39 heavy (non-hydrogen) atoms. The number of hydrogen-bond acceptors (Lipinski definition) is 5. The van der Waals surface area contributed by atoms with Gasteiger partial charge in [-0.3, -0.25) is 4.79 Å². The number of rotatable bonds is 6. The molecule has 1 aromatic heterocycles. The van der Waals surface area contributed by atoms with Gasteiger partial charge in [0.2, 0.25) is 0 Å². The van der Waals surface area contributed by atoms with Crippen molar-refractivity contribution in [2.45, 2.75) is 6.92 Å². The smallest absolute Gasteiger partial charge is 0.358 e. The predicted octanol–water partition coefficient (Wildman–Crippen LogP) is 5.10. The van der Waals surface area contributed by atoms with Crippen molar-refractivity contribution >= 4 is 17.6 Å². The Hall–Kier alpha value is -4.60. The minimum absolute atomic E-state index is 0.110. The van der Waals surface area contributed by atoms with Crippen molar-refractivity contribution in [3.63, 3.8) is 0 Å². The number of ether oxygens (including phenoxy) is 1. The minimum atomic E-state index is -0.874. The maximum atomic E-state index is 14.1. The number of nitrogens with zero attached hydrogens (tertiary/aromatic N) is 4. The summed E-state index contributed by atoms with van der Waals surface area (Å²) in [6, 6.07) is 18.1. The van der Waals surface area contributed by atoms with Crippen LogP contribution in [0, 0.1) is 17.5 Å². The lowest BCUT2D eigenvalue weighted by molar-refractivity contribution is 0.0518. The van der Waals surface area contributed by atoms with Crippen LogP contribution in [0.25, 0.3) is 16.9 Å². The topological polar surface area (TPSA) is 67.7 Å². The molecule has 0 spiro atoms. The quantitative estimate of drug-likeness (QED) is 0.322. The molecule has 3 aromatic carbocycles. The number of carbonyl (C=O) groups excluding carboxylic acids is 2. The third-order valence-electron chi connectivity index (χ3n) is 6.50. The molecule has 4 aromatic rings. The summed E-state index contributed by atoms with van der Waals surface area (Å²) in [6.45, 7) is 3.73. The Morgan fingerprint density at radius 3 is 2.23 bits per heavy atom. The maximum Gasteiger partial charge on any atom is 0.358 e. The van der Waals surface area contributed by atoms with Gasteiger partial charge in [0.25, 0.3) is 5.91 Å². The Morgan fingerprint density at radius 2 is 1.56 bits per heavy atom. The molecule has 7 nitrogen and oxygen atoms in total. The number of halogens is 3. The second-order valence-corrected chi connectivity index (χ2v) is 8.98. The van der Waals surface area contributed by atoms with E-state index in [1.54, 1.807) is 30.0 Å². The third-order valence-corrected chi connectivity index (χ3v) is 6.50. The van der Waals surface area contributed by atoms with Crippen LogP contribution in [0.3, 0.4) is 0 Å². The molecule has 5 rings (SSSR count). The van der Waals surface area contributed by atoms with Crippen molar-refractivity contribution in [3.05, 3.63) is 102 Å². The van der Waals surface area contributed by atoms with E-state index in [1.165, 1.54) is 22.9 Å². The summed E-state index contributed by atoms with van der Waals surface area (Å²) in [6.07, 6.45) is 0. The lowest BCUT2D eigenvalue weighted by atomic mass is 10.1. The van der Waals surface area contributed by atoms with Crippen LogP contribution >= 0.6 is 0 Å². The zero-order valence-electron chi connectivity index (χ0n) is 21.1. The molecule has 1 fully saturated rings. The molecule has 0 atom stereocenters. The number of benzene rings is 3. The van der Waals surface area contributed by atoms with E-state index in [-0.39, 0.29) is 17.9 Å². The number of esters is 1. The number of amides is 1. The second-order valence-electron chi connectivity index (χ2n) is 8.98. The first-order valence-corrected chi connectivity index (χ1v) is 12.5. The van der Waals surface area contributed by atoms with Gasteiger partial charge in [0.15, 0.2) is 5.69 Å². The van der Waals surface area contributed by atoms with Gasteiger partial charge in [-0.1, -0.05) is 18.2 Å². The molecule has 200 valence electrons. The van der Waals surface area contributed by atoms with Crippen LogP contribution in [0.1, 0.15) is 27.8 Å². The Balaban J connectivity index is 1.33. The van der Waals surface area contributed by atoms with Gasteiger partial charge >= 0.3 is 5.97 Å². The normalized spacial score (nSPS) is 13.4.